The Morgan fingerprint density at radius 2 is 2.05 bits per heavy atom. The van der Waals surface area contributed by atoms with E-state index in [9.17, 15) is 13.2 Å². The summed E-state index contributed by atoms with van der Waals surface area (Å²) in [4.78, 5) is 11.4. The molecule has 5 nitrogen and oxygen atoms in total. The van der Waals surface area contributed by atoms with Crippen LogP contribution < -0.4 is 10.6 Å². The Morgan fingerprint density at radius 1 is 1.33 bits per heavy atom. The molecule has 0 saturated heterocycles. The highest BCUT2D eigenvalue weighted by molar-refractivity contribution is 7.91. The van der Waals surface area contributed by atoms with Crippen molar-refractivity contribution in [1.29, 1.82) is 0 Å². The highest BCUT2D eigenvalue weighted by Crippen LogP contribution is 2.29. The third kappa shape index (κ3) is 3.63. The number of rotatable bonds is 5. The van der Waals surface area contributed by atoms with Gasteiger partial charge in [0.15, 0.2) is 9.84 Å². The van der Waals surface area contributed by atoms with Crippen LogP contribution in [0.2, 0.25) is 0 Å². The first-order valence-electron chi connectivity index (χ1n) is 7.18. The van der Waals surface area contributed by atoms with Crippen LogP contribution in [0.3, 0.4) is 0 Å². The second-order valence-corrected chi connectivity index (χ2v) is 7.94. The van der Waals surface area contributed by atoms with E-state index < -0.39 is 15.1 Å². The van der Waals surface area contributed by atoms with E-state index in [0.29, 0.717) is 19.4 Å². The SMILES string of the molecule is CCNC(c1ccc2c(c1)CCC(=O)N2)C(C)S(C)(=O)=O. The normalized spacial score (nSPS) is 17.8. The van der Waals surface area contributed by atoms with Crippen LogP contribution in [0, 0.1) is 0 Å². The summed E-state index contributed by atoms with van der Waals surface area (Å²) in [5.74, 6) is 0.0305. The standard InChI is InChI=1S/C15H22N2O3S/c1-4-16-15(10(2)21(3,19)20)12-5-7-13-11(9-12)6-8-14(18)17-13/h5,7,9-10,15-16H,4,6,8H2,1-3H3,(H,17,18). The van der Waals surface area contributed by atoms with Crippen LogP contribution in [0.25, 0.3) is 0 Å². The second-order valence-electron chi connectivity index (χ2n) is 5.53. The zero-order valence-corrected chi connectivity index (χ0v) is 13.5. The lowest BCUT2D eigenvalue weighted by atomic mass is 9.96. The predicted molar refractivity (Wildman–Crippen MR) is 84.1 cm³/mol. The van der Waals surface area contributed by atoms with Crippen molar-refractivity contribution in [2.24, 2.45) is 0 Å². The van der Waals surface area contributed by atoms with E-state index in [1.165, 1.54) is 6.26 Å². The lowest BCUT2D eigenvalue weighted by molar-refractivity contribution is -0.116. The number of hydrogen-bond acceptors (Lipinski definition) is 4. The molecule has 0 aliphatic carbocycles. The van der Waals surface area contributed by atoms with Crippen LogP contribution in [0.4, 0.5) is 5.69 Å². The number of sulfone groups is 1. The molecule has 0 spiro atoms. The molecule has 1 aliphatic rings. The monoisotopic (exact) mass is 310 g/mol. The summed E-state index contributed by atoms with van der Waals surface area (Å²) < 4.78 is 23.7. The molecule has 1 aromatic carbocycles. The van der Waals surface area contributed by atoms with Gasteiger partial charge in [-0.2, -0.15) is 0 Å². The molecule has 0 bridgehead atoms. The van der Waals surface area contributed by atoms with Crippen molar-refractivity contribution >= 4 is 21.4 Å². The van der Waals surface area contributed by atoms with E-state index in [1.54, 1.807) is 6.92 Å². The van der Waals surface area contributed by atoms with Gasteiger partial charge in [0.1, 0.15) is 0 Å². The number of amides is 1. The van der Waals surface area contributed by atoms with Gasteiger partial charge in [-0.25, -0.2) is 8.42 Å². The third-order valence-corrected chi connectivity index (χ3v) is 5.58. The van der Waals surface area contributed by atoms with Crippen molar-refractivity contribution < 1.29 is 13.2 Å². The average molecular weight is 310 g/mol. The Kier molecular flexibility index (Phi) is 4.68. The Bertz CT molecular complexity index is 640. The van der Waals surface area contributed by atoms with E-state index in [1.807, 2.05) is 25.1 Å². The zero-order chi connectivity index (χ0) is 15.6. The maximum atomic E-state index is 11.9. The molecule has 2 N–H and O–H groups in total. The smallest absolute Gasteiger partial charge is 0.224 e. The van der Waals surface area contributed by atoms with Gasteiger partial charge in [-0.15, -0.1) is 0 Å². The molecule has 0 fully saturated rings. The van der Waals surface area contributed by atoms with Crippen molar-refractivity contribution in [3.8, 4) is 0 Å². The van der Waals surface area contributed by atoms with Crippen LogP contribution in [-0.2, 0) is 21.1 Å². The van der Waals surface area contributed by atoms with Crippen LogP contribution in [-0.4, -0.2) is 32.4 Å². The van der Waals surface area contributed by atoms with Gasteiger partial charge in [0.05, 0.1) is 5.25 Å². The molecule has 0 saturated carbocycles. The zero-order valence-electron chi connectivity index (χ0n) is 12.6. The summed E-state index contributed by atoms with van der Waals surface area (Å²) in [6, 6.07) is 5.51. The minimum absolute atomic E-state index is 0.0305. The molecule has 2 atom stereocenters. The van der Waals surface area contributed by atoms with Crippen molar-refractivity contribution in [1.82, 2.24) is 5.32 Å². The van der Waals surface area contributed by atoms with Crippen LogP contribution in [0.15, 0.2) is 18.2 Å². The van der Waals surface area contributed by atoms with Gasteiger partial charge in [-0.1, -0.05) is 19.1 Å². The number of aryl methyl sites for hydroxylation is 1. The lowest BCUT2D eigenvalue weighted by Gasteiger charge is -2.26. The van der Waals surface area contributed by atoms with Crippen LogP contribution in [0.1, 0.15) is 37.4 Å². The first-order chi connectivity index (χ1) is 9.82. The fourth-order valence-corrected chi connectivity index (χ4v) is 3.37. The maximum Gasteiger partial charge on any atom is 0.224 e. The van der Waals surface area contributed by atoms with Gasteiger partial charge in [-0.3, -0.25) is 4.79 Å². The molecule has 1 heterocycles. The van der Waals surface area contributed by atoms with E-state index in [-0.39, 0.29) is 11.9 Å². The van der Waals surface area contributed by atoms with Crippen molar-refractivity contribution in [3.63, 3.8) is 0 Å². The van der Waals surface area contributed by atoms with Gasteiger partial charge in [0, 0.05) is 24.4 Å². The number of carbonyl (C=O) groups excluding carboxylic acids is 1. The van der Waals surface area contributed by atoms with Gasteiger partial charge in [0.25, 0.3) is 0 Å². The van der Waals surface area contributed by atoms with Gasteiger partial charge in [-0.05, 0) is 37.1 Å². The topological polar surface area (TPSA) is 75.3 Å². The Balaban J connectivity index is 2.35. The largest absolute Gasteiger partial charge is 0.326 e. The minimum Gasteiger partial charge on any atom is -0.326 e. The highest BCUT2D eigenvalue weighted by Gasteiger charge is 2.27. The summed E-state index contributed by atoms with van der Waals surface area (Å²) in [7, 11) is -3.13. The maximum absolute atomic E-state index is 11.9. The number of fused-ring (bicyclic) bond motifs is 1. The number of hydrogen-bond donors (Lipinski definition) is 2. The summed E-state index contributed by atoms with van der Waals surface area (Å²) in [5, 5.41) is 5.59. The van der Waals surface area contributed by atoms with Gasteiger partial charge >= 0.3 is 0 Å². The fraction of sp³-hybridized carbons (Fsp3) is 0.533. The molecular weight excluding hydrogens is 288 g/mol. The Morgan fingerprint density at radius 3 is 2.67 bits per heavy atom. The Hall–Kier alpha value is -1.40. The number of anilines is 1. The molecule has 0 aromatic heterocycles. The molecule has 2 rings (SSSR count). The van der Waals surface area contributed by atoms with E-state index >= 15 is 0 Å². The van der Waals surface area contributed by atoms with E-state index in [2.05, 4.69) is 10.6 Å². The average Bonchev–Trinajstić information content (AvgIpc) is 2.42. The van der Waals surface area contributed by atoms with Crippen molar-refractivity contribution in [2.45, 2.75) is 38.0 Å². The summed E-state index contributed by atoms with van der Waals surface area (Å²) >= 11 is 0. The first kappa shape index (κ1) is 16.0. The Labute approximate surface area is 126 Å². The van der Waals surface area contributed by atoms with Crippen LogP contribution in [0.5, 0.6) is 0 Å². The molecule has 116 valence electrons. The molecule has 21 heavy (non-hydrogen) atoms. The molecule has 1 amide bonds. The van der Waals surface area contributed by atoms with Gasteiger partial charge in [0.2, 0.25) is 5.91 Å². The third-order valence-electron chi connectivity index (χ3n) is 3.95. The summed E-state index contributed by atoms with van der Waals surface area (Å²) in [6.45, 7) is 4.38. The van der Waals surface area contributed by atoms with Crippen molar-refractivity contribution in [2.75, 3.05) is 18.1 Å². The second kappa shape index (κ2) is 6.15. The van der Waals surface area contributed by atoms with E-state index in [4.69, 9.17) is 0 Å². The first-order valence-corrected chi connectivity index (χ1v) is 9.13. The highest BCUT2D eigenvalue weighted by atomic mass is 32.2. The quantitative estimate of drug-likeness (QED) is 0.867. The van der Waals surface area contributed by atoms with Crippen LogP contribution >= 0.6 is 0 Å². The van der Waals surface area contributed by atoms with Gasteiger partial charge < -0.3 is 10.6 Å². The number of nitrogens with one attached hydrogen (secondary N) is 2. The molecular formula is C15H22N2O3S. The molecule has 0 radical (unpaired) electrons. The number of benzene rings is 1. The minimum atomic E-state index is -3.13. The molecule has 1 aromatic rings. The predicted octanol–water partition coefficient (Wildman–Crippen LogP) is 1.65. The summed E-state index contributed by atoms with van der Waals surface area (Å²) in [6.07, 6.45) is 2.44. The molecule has 6 heteroatoms. The summed E-state index contributed by atoms with van der Waals surface area (Å²) in [5.41, 5.74) is 2.85. The molecule has 2 unspecified atom stereocenters. The number of carbonyl (C=O) groups is 1. The molecule has 1 aliphatic heterocycles. The lowest BCUT2D eigenvalue weighted by Crippen LogP contribution is -2.35. The van der Waals surface area contributed by atoms with Crippen molar-refractivity contribution in [3.05, 3.63) is 29.3 Å². The van der Waals surface area contributed by atoms with E-state index in [0.717, 1.165) is 16.8 Å². The fourth-order valence-electron chi connectivity index (χ4n) is 2.62.